The van der Waals surface area contributed by atoms with Gasteiger partial charge in [-0.3, -0.25) is 9.59 Å². The minimum absolute atomic E-state index is 0.379. The standard InChI is InChI=1S/C12H15N3O5/c1-18-8-5-4-7(9(19-2)10(8)20-3)6-14-15-12(17)11(13)16/h4-6H,1-3H3,(H2,13,16)(H,15,17)/b14-6+. The molecule has 0 fully saturated rings. The van der Waals surface area contributed by atoms with Gasteiger partial charge in [0.05, 0.1) is 27.5 Å². The van der Waals surface area contributed by atoms with Crippen LogP contribution >= 0.6 is 0 Å². The zero-order valence-electron chi connectivity index (χ0n) is 11.3. The Bertz CT molecular complexity index is 542. The predicted octanol–water partition coefficient (Wildman–Crippen LogP) is -0.352. The average Bonchev–Trinajstić information content (AvgIpc) is 2.45. The monoisotopic (exact) mass is 281 g/mol. The molecule has 0 aliphatic rings. The van der Waals surface area contributed by atoms with Gasteiger partial charge >= 0.3 is 11.8 Å². The van der Waals surface area contributed by atoms with Crippen LogP contribution in [0.2, 0.25) is 0 Å². The van der Waals surface area contributed by atoms with Crippen LogP contribution in [0.5, 0.6) is 17.2 Å². The molecule has 0 saturated heterocycles. The van der Waals surface area contributed by atoms with Crippen LogP contribution in [0.15, 0.2) is 17.2 Å². The number of hydrogen-bond acceptors (Lipinski definition) is 6. The smallest absolute Gasteiger partial charge is 0.329 e. The molecule has 8 nitrogen and oxygen atoms in total. The first-order valence-corrected chi connectivity index (χ1v) is 5.47. The Morgan fingerprint density at radius 3 is 2.30 bits per heavy atom. The number of primary amides is 1. The molecule has 20 heavy (non-hydrogen) atoms. The molecule has 0 unspecified atom stereocenters. The van der Waals surface area contributed by atoms with E-state index in [1.165, 1.54) is 27.5 Å². The highest BCUT2D eigenvalue weighted by Gasteiger charge is 2.14. The Hall–Kier alpha value is -2.77. The number of rotatable bonds is 5. The highest BCUT2D eigenvalue weighted by atomic mass is 16.5. The molecular formula is C12H15N3O5. The van der Waals surface area contributed by atoms with Gasteiger partial charge in [0, 0.05) is 5.56 Å². The molecule has 8 heteroatoms. The van der Waals surface area contributed by atoms with E-state index in [1.54, 1.807) is 12.1 Å². The summed E-state index contributed by atoms with van der Waals surface area (Å²) in [5.74, 6) is -0.881. The van der Waals surface area contributed by atoms with Gasteiger partial charge in [-0.2, -0.15) is 5.10 Å². The van der Waals surface area contributed by atoms with Gasteiger partial charge in [0.15, 0.2) is 11.5 Å². The van der Waals surface area contributed by atoms with Gasteiger partial charge in [-0.15, -0.1) is 0 Å². The van der Waals surface area contributed by atoms with Crippen LogP contribution in [-0.2, 0) is 9.59 Å². The molecule has 0 bridgehead atoms. The van der Waals surface area contributed by atoms with E-state index in [0.29, 0.717) is 22.8 Å². The molecular weight excluding hydrogens is 266 g/mol. The molecule has 0 aliphatic carbocycles. The number of nitrogens with one attached hydrogen (secondary N) is 1. The fraction of sp³-hybridized carbons (Fsp3) is 0.250. The molecule has 108 valence electrons. The molecule has 0 atom stereocenters. The molecule has 0 heterocycles. The molecule has 1 aromatic rings. The summed E-state index contributed by atoms with van der Waals surface area (Å²) < 4.78 is 15.5. The summed E-state index contributed by atoms with van der Waals surface area (Å²) in [6, 6.07) is 3.30. The van der Waals surface area contributed by atoms with Gasteiger partial charge in [0.2, 0.25) is 5.75 Å². The molecule has 2 amide bonds. The predicted molar refractivity (Wildman–Crippen MR) is 71.0 cm³/mol. The van der Waals surface area contributed by atoms with E-state index in [2.05, 4.69) is 5.10 Å². The molecule has 0 aromatic heterocycles. The summed E-state index contributed by atoms with van der Waals surface area (Å²) in [7, 11) is 4.42. The van der Waals surface area contributed by atoms with Gasteiger partial charge in [-0.25, -0.2) is 5.43 Å². The lowest BCUT2D eigenvalue weighted by atomic mass is 10.2. The van der Waals surface area contributed by atoms with Crippen molar-refractivity contribution in [2.45, 2.75) is 0 Å². The van der Waals surface area contributed by atoms with E-state index in [-0.39, 0.29) is 0 Å². The number of carbonyl (C=O) groups is 2. The highest BCUT2D eigenvalue weighted by Crippen LogP contribution is 2.38. The van der Waals surface area contributed by atoms with Crippen molar-refractivity contribution in [3.63, 3.8) is 0 Å². The first kappa shape index (κ1) is 15.3. The highest BCUT2D eigenvalue weighted by molar-refractivity contribution is 6.34. The Kier molecular flexibility index (Phi) is 5.33. The number of carbonyl (C=O) groups excluding carboxylic acids is 2. The van der Waals surface area contributed by atoms with Crippen molar-refractivity contribution in [3.05, 3.63) is 17.7 Å². The van der Waals surface area contributed by atoms with Crippen molar-refractivity contribution >= 4 is 18.0 Å². The van der Waals surface area contributed by atoms with Crippen molar-refractivity contribution in [1.29, 1.82) is 0 Å². The number of nitrogens with two attached hydrogens (primary N) is 1. The second kappa shape index (κ2) is 6.98. The van der Waals surface area contributed by atoms with Crippen LogP contribution in [-0.4, -0.2) is 39.4 Å². The molecule has 1 aromatic carbocycles. The Morgan fingerprint density at radius 1 is 1.15 bits per heavy atom. The Morgan fingerprint density at radius 2 is 1.80 bits per heavy atom. The molecule has 0 spiro atoms. The average molecular weight is 281 g/mol. The normalized spacial score (nSPS) is 10.2. The largest absolute Gasteiger partial charge is 0.493 e. The second-order valence-electron chi connectivity index (χ2n) is 3.49. The Labute approximate surface area is 115 Å². The van der Waals surface area contributed by atoms with Gasteiger partial charge in [0.25, 0.3) is 0 Å². The summed E-state index contributed by atoms with van der Waals surface area (Å²) in [5, 5.41) is 3.60. The summed E-state index contributed by atoms with van der Waals surface area (Å²) in [6.45, 7) is 0. The Balaban J connectivity index is 3.04. The number of hydrogen-bond donors (Lipinski definition) is 2. The quantitative estimate of drug-likeness (QED) is 0.435. The van der Waals surface area contributed by atoms with Crippen LogP contribution in [0.3, 0.4) is 0 Å². The van der Waals surface area contributed by atoms with Crippen LogP contribution in [0.1, 0.15) is 5.56 Å². The summed E-state index contributed by atoms with van der Waals surface area (Å²) >= 11 is 0. The third-order valence-corrected chi connectivity index (χ3v) is 2.33. The minimum atomic E-state index is -1.12. The van der Waals surface area contributed by atoms with Gasteiger partial charge in [-0.05, 0) is 12.1 Å². The molecule has 3 N–H and O–H groups in total. The van der Waals surface area contributed by atoms with Crippen molar-refractivity contribution < 1.29 is 23.8 Å². The summed E-state index contributed by atoms with van der Waals surface area (Å²) in [6.07, 6.45) is 1.29. The summed E-state index contributed by atoms with van der Waals surface area (Å²) in [4.78, 5) is 21.5. The third kappa shape index (κ3) is 3.37. The molecule has 0 saturated carbocycles. The van der Waals surface area contributed by atoms with Crippen LogP contribution in [0.4, 0.5) is 0 Å². The lowest BCUT2D eigenvalue weighted by Crippen LogP contribution is -2.32. The van der Waals surface area contributed by atoms with Crippen molar-refractivity contribution in [2.24, 2.45) is 10.8 Å². The minimum Gasteiger partial charge on any atom is -0.493 e. The zero-order chi connectivity index (χ0) is 15.1. The van der Waals surface area contributed by atoms with Crippen LogP contribution in [0, 0.1) is 0 Å². The van der Waals surface area contributed by atoms with E-state index in [9.17, 15) is 9.59 Å². The molecule has 0 aliphatic heterocycles. The number of ether oxygens (including phenoxy) is 3. The number of nitrogens with zero attached hydrogens (tertiary/aromatic N) is 1. The van der Waals surface area contributed by atoms with Crippen molar-refractivity contribution in [1.82, 2.24) is 5.43 Å². The van der Waals surface area contributed by atoms with Gasteiger partial charge in [-0.1, -0.05) is 0 Å². The summed E-state index contributed by atoms with van der Waals surface area (Å²) in [5.41, 5.74) is 7.27. The van der Waals surface area contributed by atoms with E-state index < -0.39 is 11.8 Å². The number of benzene rings is 1. The van der Waals surface area contributed by atoms with Crippen molar-refractivity contribution in [3.8, 4) is 17.2 Å². The van der Waals surface area contributed by atoms with Crippen molar-refractivity contribution in [2.75, 3.05) is 21.3 Å². The number of hydrazone groups is 1. The lowest BCUT2D eigenvalue weighted by Gasteiger charge is -2.13. The van der Waals surface area contributed by atoms with Crippen LogP contribution < -0.4 is 25.4 Å². The first-order chi connectivity index (χ1) is 9.54. The van der Waals surface area contributed by atoms with E-state index >= 15 is 0 Å². The second-order valence-corrected chi connectivity index (χ2v) is 3.49. The maximum Gasteiger partial charge on any atom is 0.329 e. The zero-order valence-corrected chi connectivity index (χ0v) is 11.3. The fourth-order valence-corrected chi connectivity index (χ4v) is 1.44. The third-order valence-electron chi connectivity index (χ3n) is 2.33. The SMILES string of the molecule is COc1ccc(/C=N/NC(=O)C(N)=O)c(OC)c1OC. The molecule has 1 rings (SSSR count). The topological polar surface area (TPSA) is 112 Å². The van der Waals surface area contributed by atoms with Gasteiger partial charge < -0.3 is 19.9 Å². The van der Waals surface area contributed by atoms with Gasteiger partial charge in [0.1, 0.15) is 0 Å². The lowest BCUT2D eigenvalue weighted by molar-refractivity contribution is -0.137. The van der Waals surface area contributed by atoms with E-state index in [4.69, 9.17) is 19.9 Å². The van der Waals surface area contributed by atoms with Crippen LogP contribution in [0.25, 0.3) is 0 Å². The maximum absolute atomic E-state index is 10.9. The number of methoxy groups -OCH3 is 3. The maximum atomic E-state index is 10.9. The number of amides is 2. The van der Waals surface area contributed by atoms with E-state index in [0.717, 1.165) is 0 Å². The molecule has 0 radical (unpaired) electrons. The fourth-order valence-electron chi connectivity index (χ4n) is 1.44. The van der Waals surface area contributed by atoms with E-state index in [1.807, 2.05) is 5.43 Å². The first-order valence-electron chi connectivity index (χ1n) is 5.47.